The van der Waals surface area contributed by atoms with E-state index in [-0.39, 0.29) is 5.41 Å². The monoisotopic (exact) mass is 265 g/mol. The molecule has 0 amide bonds. The normalized spacial score (nSPS) is 11.7. The van der Waals surface area contributed by atoms with Crippen LogP contribution in [0.4, 0.5) is 11.4 Å². The zero-order valence-electron chi connectivity index (χ0n) is 12.8. The summed E-state index contributed by atoms with van der Waals surface area (Å²) in [5.74, 6) is 0.748. The molecule has 3 N–H and O–H groups in total. The lowest BCUT2D eigenvalue weighted by Crippen LogP contribution is -2.34. The number of nitrogens with two attached hydrogens (primary N) is 1. The van der Waals surface area contributed by atoms with Crippen LogP contribution < -0.4 is 15.8 Å². The molecule has 19 heavy (non-hydrogen) atoms. The number of para-hydroxylation sites is 1. The van der Waals surface area contributed by atoms with Gasteiger partial charge in [0, 0.05) is 13.1 Å². The van der Waals surface area contributed by atoms with E-state index in [1.807, 2.05) is 25.1 Å². The summed E-state index contributed by atoms with van der Waals surface area (Å²) in [5, 5.41) is 3.43. The number of benzene rings is 1. The van der Waals surface area contributed by atoms with Gasteiger partial charge in [-0.2, -0.15) is 0 Å². The molecule has 0 aromatic heterocycles. The van der Waals surface area contributed by atoms with E-state index in [2.05, 4.69) is 38.2 Å². The smallest absolute Gasteiger partial charge is 0.144 e. The molecular weight excluding hydrogens is 238 g/mol. The lowest BCUT2D eigenvalue weighted by Gasteiger charge is -2.29. The van der Waals surface area contributed by atoms with E-state index in [0.717, 1.165) is 24.5 Å². The van der Waals surface area contributed by atoms with E-state index >= 15 is 0 Å². The van der Waals surface area contributed by atoms with Crippen LogP contribution in [-0.4, -0.2) is 38.7 Å². The number of nitrogen functional groups attached to an aromatic ring is 1. The predicted octanol–water partition coefficient (Wildman–Crippen LogP) is 2.67. The predicted molar refractivity (Wildman–Crippen MR) is 82.8 cm³/mol. The Kier molecular flexibility index (Phi) is 5.48. The Bertz CT molecular complexity index is 402. The minimum absolute atomic E-state index is 0.178. The standard InChI is InChI=1S/C15H27N3O/c1-6-19-13-9-7-8-12(14(13)16)17-10-15(2,3)11-18(4)5/h7-9,17H,6,10-11,16H2,1-5H3. The number of nitrogens with one attached hydrogen (secondary N) is 1. The average molecular weight is 265 g/mol. The Morgan fingerprint density at radius 1 is 1.32 bits per heavy atom. The first-order chi connectivity index (χ1) is 8.85. The molecule has 4 heteroatoms. The minimum Gasteiger partial charge on any atom is -0.492 e. The summed E-state index contributed by atoms with van der Waals surface area (Å²) in [7, 11) is 4.18. The Hall–Kier alpha value is -1.42. The van der Waals surface area contributed by atoms with Crippen molar-refractivity contribution < 1.29 is 4.74 Å². The number of nitrogens with zero attached hydrogens (tertiary/aromatic N) is 1. The molecule has 0 aliphatic heterocycles. The quantitative estimate of drug-likeness (QED) is 0.744. The van der Waals surface area contributed by atoms with Crippen molar-refractivity contribution in [3.05, 3.63) is 18.2 Å². The molecule has 0 saturated heterocycles. The highest BCUT2D eigenvalue weighted by molar-refractivity contribution is 5.72. The van der Waals surface area contributed by atoms with Crippen molar-refractivity contribution in [3.63, 3.8) is 0 Å². The van der Waals surface area contributed by atoms with Crippen LogP contribution in [0.25, 0.3) is 0 Å². The van der Waals surface area contributed by atoms with E-state index in [1.54, 1.807) is 0 Å². The van der Waals surface area contributed by atoms with Crippen LogP contribution in [0.2, 0.25) is 0 Å². The Labute approximate surface area is 116 Å². The van der Waals surface area contributed by atoms with E-state index in [0.29, 0.717) is 12.3 Å². The number of ether oxygens (including phenoxy) is 1. The molecule has 0 aliphatic rings. The highest BCUT2D eigenvalue weighted by Gasteiger charge is 2.19. The van der Waals surface area contributed by atoms with Gasteiger partial charge in [0.15, 0.2) is 0 Å². The zero-order valence-corrected chi connectivity index (χ0v) is 12.8. The summed E-state index contributed by atoms with van der Waals surface area (Å²) >= 11 is 0. The second-order valence-electron chi connectivity index (χ2n) is 5.91. The number of anilines is 2. The molecule has 4 nitrogen and oxygen atoms in total. The molecule has 0 atom stereocenters. The third-order valence-corrected chi connectivity index (χ3v) is 2.87. The molecular formula is C15H27N3O. The summed E-state index contributed by atoms with van der Waals surface area (Å²) in [6.07, 6.45) is 0. The van der Waals surface area contributed by atoms with Crippen molar-refractivity contribution >= 4 is 11.4 Å². The fourth-order valence-electron chi connectivity index (χ4n) is 2.23. The number of rotatable bonds is 7. The van der Waals surface area contributed by atoms with E-state index in [4.69, 9.17) is 10.5 Å². The van der Waals surface area contributed by atoms with Gasteiger partial charge in [0.25, 0.3) is 0 Å². The molecule has 0 radical (unpaired) electrons. The average Bonchev–Trinajstić information content (AvgIpc) is 2.29. The topological polar surface area (TPSA) is 50.5 Å². The molecule has 0 heterocycles. The van der Waals surface area contributed by atoms with Gasteiger partial charge in [0.1, 0.15) is 5.75 Å². The number of hydrogen-bond acceptors (Lipinski definition) is 4. The Balaban J connectivity index is 2.70. The van der Waals surface area contributed by atoms with Crippen LogP contribution in [0.3, 0.4) is 0 Å². The zero-order chi connectivity index (χ0) is 14.5. The van der Waals surface area contributed by atoms with Gasteiger partial charge in [-0.15, -0.1) is 0 Å². The molecule has 0 aliphatic carbocycles. The van der Waals surface area contributed by atoms with Crippen molar-refractivity contribution in [2.24, 2.45) is 5.41 Å². The largest absolute Gasteiger partial charge is 0.492 e. The molecule has 1 rings (SSSR count). The maximum absolute atomic E-state index is 6.10. The first kappa shape index (κ1) is 15.6. The summed E-state index contributed by atoms with van der Waals surface area (Å²) < 4.78 is 5.50. The Morgan fingerprint density at radius 3 is 2.58 bits per heavy atom. The molecule has 0 fully saturated rings. The molecule has 0 spiro atoms. The van der Waals surface area contributed by atoms with Crippen molar-refractivity contribution in [2.45, 2.75) is 20.8 Å². The highest BCUT2D eigenvalue weighted by Crippen LogP contribution is 2.30. The second kappa shape index (κ2) is 6.66. The van der Waals surface area contributed by atoms with Gasteiger partial charge in [0.05, 0.1) is 18.0 Å². The van der Waals surface area contributed by atoms with Crippen LogP contribution >= 0.6 is 0 Å². The maximum Gasteiger partial charge on any atom is 0.144 e. The van der Waals surface area contributed by atoms with Crippen molar-refractivity contribution in [3.8, 4) is 5.75 Å². The lowest BCUT2D eigenvalue weighted by atomic mass is 9.93. The van der Waals surface area contributed by atoms with E-state index in [1.165, 1.54) is 0 Å². The van der Waals surface area contributed by atoms with Gasteiger partial charge in [-0.05, 0) is 38.6 Å². The van der Waals surface area contributed by atoms with Crippen LogP contribution in [-0.2, 0) is 0 Å². The van der Waals surface area contributed by atoms with Crippen molar-refractivity contribution in [1.82, 2.24) is 4.90 Å². The highest BCUT2D eigenvalue weighted by atomic mass is 16.5. The van der Waals surface area contributed by atoms with Gasteiger partial charge < -0.3 is 20.7 Å². The fraction of sp³-hybridized carbons (Fsp3) is 0.600. The molecule has 0 bridgehead atoms. The molecule has 108 valence electrons. The van der Waals surface area contributed by atoms with Crippen molar-refractivity contribution in [1.29, 1.82) is 0 Å². The molecule has 1 aromatic carbocycles. The van der Waals surface area contributed by atoms with Gasteiger partial charge in [-0.25, -0.2) is 0 Å². The second-order valence-corrected chi connectivity index (χ2v) is 5.91. The summed E-state index contributed by atoms with van der Waals surface area (Å²) in [6.45, 7) is 8.95. The van der Waals surface area contributed by atoms with Gasteiger partial charge in [0.2, 0.25) is 0 Å². The number of hydrogen-bond donors (Lipinski definition) is 2. The first-order valence-corrected chi connectivity index (χ1v) is 6.75. The van der Waals surface area contributed by atoms with E-state index < -0.39 is 0 Å². The molecule has 0 unspecified atom stereocenters. The molecule has 0 saturated carbocycles. The van der Waals surface area contributed by atoms with Crippen LogP contribution in [0, 0.1) is 5.41 Å². The maximum atomic E-state index is 6.10. The van der Waals surface area contributed by atoms with E-state index in [9.17, 15) is 0 Å². The van der Waals surface area contributed by atoms with Gasteiger partial charge >= 0.3 is 0 Å². The summed E-state index contributed by atoms with van der Waals surface area (Å²) in [5.41, 5.74) is 7.91. The third kappa shape index (κ3) is 4.99. The van der Waals surface area contributed by atoms with Crippen molar-refractivity contribution in [2.75, 3.05) is 44.8 Å². The van der Waals surface area contributed by atoms with Crippen LogP contribution in [0.15, 0.2) is 18.2 Å². The minimum atomic E-state index is 0.178. The summed E-state index contributed by atoms with van der Waals surface area (Å²) in [4.78, 5) is 2.20. The van der Waals surface area contributed by atoms with Crippen LogP contribution in [0.5, 0.6) is 5.75 Å². The fourth-order valence-corrected chi connectivity index (χ4v) is 2.23. The molecule has 1 aromatic rings. The Morgan fingerprint density at radius 2 is 2.00 bits per heavy atom. The van der Waals surface area contributed by atoms with Crippen LogP contribution in [0.1, 0.15) is 20.8 Å². The first-order valence-electron chi connectivity index (χ1n) is 6.75. The lowest BCUT2D eigenvalue weighted by molar-refractivity contribution is 0.254. The van der Waals surface area contributed by atoms with Gasteiger partial charge in [-0.3, -0.25) is 0 Å². The third-order valence-electron chi connectivity index (χ3n) is 2.87. The summed E-state index contributed by atoms with van der Waals surface area (Å²) in [6, 6.07) is 5.85. The van der Waals surface area contributed by atoms with Gasteiger partial charge in [-0.1, -0.05) is 19.9 Å². The SMILES string of the molecule is CCOc1cccc(NCC(C)(C)CN(C)C)c1N.